The highest BCUT2D eigenvalue weighted by molar-refractivity contribution is 5.91. The topological polar surface area (TPSA) is 26.3 Å². The lowest BCUT2D eigenvalue weighted by Gasteiger charge is -2.42. The lowest BCUT2D eigenvalue weighted by atomic mass is 9.68. The van der Waals surface area contributed by atoms with E-state index in [0.29, 0.717) is 18.1 Å². The van der Waals surface area contributed by atoms with Crippen LogP contribution in [-0.2, 0) is 9.53 Å². The number of rotatable bonds is 3. The molecule has 70 valence electrons. The first-order chi connectivity index (χ1) is 5.44. The van der Waals surface area contributed by atoms with E-state index in [-0.39, 0.29) is 11.5 Å². The van der Waals surface area contributed by atoms with E-state index in [1.54, 1.807) is 0 Å². The van der Waals surface area contributed by atoms with Gasteiger partial charge >= 0.3 is 0 Å². The fourth-order valence-corrected chi connectivity index (χ4v) is 1.31. The van der Waals surface area contributed by atoms with Crippen molar-refractivity contribution in [1.82, 2.24) is 0 Å². The van der Waals surface area contributed by atoms with E-state index in [4.69, 9.17) is 4.74 Å². The van der Waals surface area contributed by atoms with Gasteiger partial charge in [0, 0.05) is 13.0 Å². The van der Waals surface area contributed by atoms with E-state index >= 15 is 0 Å². The summed E-state index contributed by atoms with van der Waals surface area (Å²) in [6.07, 6.45) is 0.770. The summed E-state index contributed by atoms with van der Waals surface area (Å²) in [5, 5.41) is 0. The third-order valence-corrected chi connectivity index (χ3v) is 2.53. The average Bonchev–Trinajstić information content (AvgIpc) is 1.97. The molecule has 0 unspecified atom stereocenters. The molecular formula is C10H18O2. The van der Waals surface area contributed by atoms with Gasteiger partial charge in [-0.05, 0) is 5.92 Å². The van der Waals surface area contributed by atoms with Gasteiger partial charge in [-0.15, -0.1) is 0 Å². The highest BCUT2D eigenvalue weighted by atomic mass is 16.5. The van der Waals surface area contributed by atoms with E-state index < -0.39 is 0 Å². The molecule has 0 N–H and O–H groups in total. The summed E-state index contributed by atoms with van der Waals surface area (Å²) in [7, 11) is 0. The highest BCUT2D eigenvalue weighted by Crippen LogP contribution is 2.38. The minimum atomic E-state index is -0.227. The lowest BCUT2D eigenvalue weighted by Crippen LogP contribution is -2.51. The fraction of sp³-hybridized carbons (Fsp3) is 0.900. The maximum absolute atomic E-state index is 11.1. The molecule has 2 heteroatoms. The Kier molecular flexibility index (Phi) is 2.57. The van der Waals surface area contributed by atoms with Crippen molar-refractivity contribution in [3.8, 4) is 0 Å². The van der Waals surface area contributed by atoms with Gasteiger partial charge in [-0.2, -0.15) is 0 Å². The molecule has 1 saturated carbocycles. The molecule has 1 atom stereocenters. The van der Waals surface area contributed by atoms with Gasteiger partial charge in [-0.3, -0.25) is 4.79 Å². The first kappa shape index (κ1) is 9.72. The molecule has 1 fully saturated rings. The van der Waals surface area contributed by atoms with Crippen LogP contribution in [0.2, 0.25) is 0 Å². The third kappa shape index (κ3) is 1.69. The second kappa shape index (κ2) is 3.17. The number of carbonyl (C=O) groups excluding carboxylic acids is 1. The number of ketones is 1. The number of hydrogen-bond acceptors (Lipinski definition) is 2. The Balaban J connectivity index is 2.33. The number of Topliss-reactive ketones (excluding diaryl/α,β-unsaturated/α-hetero) is 1. The van der Waals surface area contributed by atoms with Crippen molar-refractivity contribution in [3.63, 3.8) is 0 Å². The molecule has 0 heterocycles. The molecule has 0 spiro atoms. The van der Waals surface area contributed by atoms with Crippen LogP contribution in [0.4, 0.5) is 0 Å². The normalized spacial score (nSPS) is 27.4. The van der Waals surface area contributed by atoms with Crippen LogP contribution in [0.25, 0.3) is 0 Å². The van der Waals surface area contributed by atoms with E-state index in [1.807, 2.05) is 13.8 Å². The SMILES string of the molecule is CC(C)CO[C@@H]1CC(=O)C1(C)C. The second-order valence-electron chi connectivity index (χ2n) is 4.56. The Morgan fingerprint density at radius 2 is 2.17 bits per heavy atom. The number of carbonyl (C=O) groups is 1. The fourth-order valence-electron chi connectivity index (χ4n) is 1.31. The van der Waals surface area contributed by atoms with Gasteiger partial charge in [0.15, 0.2) is 0 Å². The van der Waals surface area contributed by atoms with Gasteiger partial charge in [0.25, 0.3) is 0 Å². The van der Waals surface area contributed by atoms with Crippen molar-refractivity contribution in [1.29, 1.82) is 0 Å². The molecule has 12 heavy (non-hydrogen) atoms. The Morgan fingerprint density at radius 1 is 1.58 bits per heavy atom. The zero-order chi connectivity index (χ0) is 9.35. The van der Waals surface area contributed by atoms with Crippen molar-refractivity contribution >= 4 is 5.78 Å². The van der Waals surface area contributed by atoms with Crippen LogP contribution in [-0.4, -0.2) is 18.5 Å². The molecule has 2 nitrogen and oxygen atoms in total. The molecule has 1 aliphatic carbocycles. The molecule has 0 aromatic carbocycles. The summed E-state index contributed by atoms with van der Waals surface area (Å²) < 4.78 is 5.60. The molecule has 0 bridgehead atoms. The Bertz CT molecular complexity index is 182. The van der Waals surface area contributed by atoms with Crippen molar-refractivity contribution in [2.45, 2.75) is 40.2 Å². The summed E-state index contributed by atoms with van der Waals surface area (Å²) in [6, 6.07) is 0. The molecule has 0 saturated heterocycles. The van der Waals surface area contributed by atoms with Crippen molar-refractivity contribution < 1.29 is 9.53 Å². The monoisotopic (exact) mass is 170 g/mol. The van der Waals surface area contributed by atoms with Crippen LogP contribution >= 0.6 is 0 Å². The zero-order valence-electron chi connectivity index (χ0n) is 8.39. The first-order valence-corrected chi connectivity index (χ1v) is 4.59. The summed E-state index contributed by atoms with van der Waals surface area (Å²) in [5.41, 5.74) is -0.227. The Morgan fingerprint density at radius 3 is 2.50 bits per heavy atom. The molecular weight excluding hydrogens is 152 g/mol. The van der Waals surface area contributed by atoms with E-state index in [0.717, 1.165) is 6.61 Å². The molecule has 0 radical (unpaired) electrons. The molecule has 1 aliphatic rings. The van der Waals surface area contributed by atoms with Gasteiger partial charge in [-0.1, -0.05) is 27.7 Å². The van der Waals surface area contributed by atoms with Gasteiger partial charge < -0.3 is 4.74 Å². The van der Waals surface area contributed by atoms with Crippen LogP contribution < -0.4 is 0 Å². The summed E-state index contributed by atoms with van der Waals surface area (Å²) in [6.45, 7) is 8.93. The van der Waals surface area contributed by atoms with Gasteiger partial charge in [0.2, 0.25) is 0 Å². The first-order valence-electron chi connectivity index (χ1n) is 4.59. The van der Waals surface area contributed by atoms with Crippen molar-refractivity contribution in [2.24, 2.45) is 11.3 Å². The van der Waals surface area contributed by atoms with E-state index in [1.165, 1.54) is 0 Å². The Labute approximate surface area is 74.3 Å². The summed E-state index contributed by atoms with van der Waals surface area (Å²) in [4.78, 5) is 11.1. The smallest absolute Gasteiger partial charge is 0.143 e. The largest absolute Gasteiger partial charge is 0.376 e. The summed E-state index contributed by atoms with van der Waals surface area (Å²) >= 11 is 0. The second-order valence-corrected chi connectivity index (χ2v) is 4.56. The predicted molar refractivity (Wildman–Crippen MR) is 48.0 cm³/mol. The van der Waals surface area contributed by atoms with Crippen LogP contribution in [0.1, 0.15) is 34.1 Å². The van der Waals surface area contributed by atoms with Crippen LogP contribution in [0.15, 0.2) is 0 Å². The third-order valence-electron chi connectivity index (χ3n) is 2.53. The van der Waals surface area contributed by atoms with Gasteiger partial charge in [0.05, 0.1) is 11.5 Å². The minimum Gasteiger partial charge on any atom is -0.376 e. The van der Waals surface area contributed by atoms with Crippen molar-refractivity contribution in [2.75, 3.05) is 6.61 Å². The van der Waals surface area contributed by atoms with E-state index in [9.17, 15) is 4.79 Å². The minimum absolute atomic E-state index is 0.160. The molecule has 1 rings (SSSR count). The molecule has 0 amide bonds. The van der Waals surface area contributed by atoms with E-state index in [2.05, 4.69) is 13.8 Å². The van der Waals surface area contributed by atoms with Crippen molar-refractivity contribution in [3.05, 3.63) is 0 Å². The zero-order valence-corrected chi connectivity index (χ0v) is 8.39. The molecule has 0 aliphatic heterocycles. The maximum atomic E-state index is 11.1. The van der Waals surface area contributed by atoms with Gasteiger partial charge in [-0.25, -0.2) is 0 Å². The predicted octanol–water partition coefficient (Wildman–Crippen LogP) is 2.03. The number of ether oxygens (including phenoxy) is 1. The Hall–Kier alpha value is -0.370. The van der Waals surface area contributed by atoms with Crippen LogP contribution in [0.3, 0.4) is 0 Å². The van der Waals surface area contributed by atoms with Gasteiger partial charge in [0.1, 0.15) is 5.78 Å². The van der Waals surface area contributed by atoms with Crippen LogP contribution in [0, 0.1) is 11.3 Å². The average molecular weight is 170 g/mol. The highest BCUT2D eigenvalue weighted by Gasteiger charge is 2.48. The molecule has 0 aromatic heterocycles. The number of hydrogen-bond donors (Lipinski definition) is 0. The quantitative estimate of drug-likeness (QED) is 0.647. The standard InChI is InChI=1S/C10H18O2/c1-7(2)6-12-9-5-8(11)10(9,3)4/h7,9H,5-6H2,1-4H3/t9-/m1/s1. The lowest BCUT2D eigenvalue weighted by molar-refractivity contribution is -0.159. The molecule has 0 aromatic rings. The maximum Gasteiger partial charge on any atom is 0.143 e. The van der Waals surface area contributed by atoms with Crippen LogP contribution in [0.5, 0.6) is 0 Å². The summed E-state index contributed by atoms with van der Waals surface area (Å²) in [5.74, 6) is 0.882.